The maximum absolute atomic E-state index is 12.3. The molecule has 0 aromatic heterocycles. The molecule has 0 unspecified atom stereocenters. The number of rotatable bonds is 6. The molecular weight excluding hydrogens is 301 g/mol. The molecule has 0 saturated heterocycles. The summed E-state index contributed by atoms with van der Waals surface area (Å²) in [6, 6.07) is 0. The van der Waals surface area contributed by atoms with Crippen LogP contribution in [0.4, 0.5) is 13.2 Å². The van der Waals surface area contributed by atoms with Gasteiger partial charge in [0.25, 0.3) is 0 Å². The maximum atomic E-state index is 12.3. The molecule has 0 aromatic carbocycles. The fourth-order valence-corrected chi connectivity index (χ4v) is 1.80. The molecule has 0 heterocycles. The van der Waals surface area contributed by atoms with Crippen LogP contribution in [0, 0.1) is 5.41 Å². The van der Waals surface area contributed by atoms with Crippen LogP contribution < -0.4 is 0 Å². The molecule has 9 heteroatoms. The number of halogens is 3. The topological polar surface area (TPSA) is 69.7 Å². The van der Waals surface area contributed by atoms with Gasteiger partial charge in [0, 0.05) is 0 Å². The Morgan fingerprint density at radius 2 is 1.70 bits per heavy atom. The number of alkyl halides is 3. The van der Waals surface area contributed by atoms with Crippen molar-refractivity contribution >= 4 is 16.1 Å². The molecule has 0 aliphatic rings. The number of esters is 1. The van der Waals surface area contributed by atoms with Crippen molar-refractivity contribution in [3.05, 3.63) is 0 Å². The number of hydrogen-bond acceptors (Lipinski definition) is 5. The van der Waals surface area contributed by atoms with Gasteiger partial charge in [0.15, 0.2) is 6.10 Å². The van der Waals surface area contributed by atoms with E-state index in [-0.39, 0.29) is 18.4 Å². The molecule has 5 nitrogen and oxygen atoms in total. The number of hydrogen-bond donors (Lipinski definition) is 0. The summed E-state index contributed by atoms with van der Waals surface area (Å²) in [5.74, 6) is -1.12. The molecule has 0 amide bonds. The Hall–Kier alpha value is -0.830. The van der Waals surface area contributed by atoms with Gasteiger partial charge < -0.3 is 4.74 Å². The summed E-state index contributed by atoms with van der Waals surface area (Å²) in [6.45, 7) is 6.77. The minimum absolute atomic E-state index is 0.0831. The first kappa shape index (κ1) is 19.2. The molecule has 0 aromatic rings. The van der Waals surface area contributed by atoms with Crippen molar-refractivity contribution in [2.45, 2.75) is 52.1 Å². The minimum atomic E-state index is -5.83. The zero-order chi connectivity index (χ0) is 16.2. The largest absolute Gasteiger partial charge is 0.523 e. The van der Waals surface area contributed by atoms with Crippen molar-refractivity contribution < 1.29 is 35.3 Å². The Labute approximate surface area is 116 Å². The molecule has 0 aliphatic carbocycles. The molecule has 0 aliphatic heterocycles. The van der Waals surface area contributed by atoms with E-state index >= 15 is 0 Å². The van der Waals surface area contributed by atoms with E-state index in [0.29, 0.717) is 6.42 Å². The Morgan fingerprint density at radius 1 is 1.20 bits per heavy atom. The normalized spacial score (nSPS) is 14.9. The first-order valence-corrected chi connectivity index (χ1v) is 7.37. The number of carbonyl (C=O) groups excluding carboxylic acids is 1. The van der Waals surface area contributed by atoms with Crippen LogP contribution in [-0.2, 0) is 23.8 Å². The summed E-state index contributed by atoms with van der Waals surface area (Å²) in [5.41, 5.74) is -5.87. The highest BCUT2D eigenvalue weighted by atomic mass is 32.2. The second-order valence-electron chi connectivity index (χ2n) is 5.34. The molecule has 0 fully saturated rings. The molecule has 0 rings (SSSR count). The van der Waals surface area contributed by atoms with Gasteiger partial charge in [0.1, 0.15) is 0 Å². The standard InChI is InChI=1S/C11H19F3O5S/c1-5-18-9(15)8(6-7-10(2,3)4)19-20(16,17)11(12,13)14/h8H,5-7H2,1-4H3/t8-/m1/s1. The van der Waals surface area contributed by atoms with Crippen LogP contribution >= 0.6 is 0 Å². The summed E-state index contributed by atoms with van der Waals surface area (Å²) in [5, 5.41) is 0. The Morgan fingerprint density at radius 3 is 2.05 bits per heavy atom. The predicted molar refractivity (Wildman–Crippen MR) is 65.2 cm³/mol. The highest BCUT2D eigenvalue weighted by Crippen LogP contribution is 2.29. The average Bonchev–Trinajstić information content (AvgIpc) is 2.21. The van der Waals surface area contributed by atoms with Gasteiger partial charge in [-0.1, -0.05) is 20.8 Å². The van der Waals surface area contributed by atoms with E-state index < -0.39 is 27.7 Å². The summed E-state index contributed by atoms with van der Waals surface area (Å²) in [4.78, 5) is 11.5. The average molecular weight is 320 g/mol. The first-order chi connectivity index (χ1) is 8.80. The monoisotopic (exact) mass is 320 g/mol. The molecular formula is C11H19F3O5S. The Bertz CT molecular complexity index is 422. The lowest BCUT2D eigenvalue weighted by molar-refractivity contribution is -0.152. The van der Waals surface area contributed by atoms with Crippen molar-refractivity contribution in [2.24, 2.45) is 5.41 Å². The number of carbonyl (C=O) groups is 1. The fourth-order valence-electron chi connectivity index (χ4n) is 1.21. The molecule has 0 spiro atoms. The molecule has 0 radical (unpaired) electrons. The maximum Gasteiger partial charge on any atom is 0.523 e. The van der Waals surface area contributed by atoms with Gasteiger partial charge in [0.05, 0.1) is 6.61 Å². The highest BCUT2D eigenvalue weighted by molar-refractivity contribution is 7.87. The van der Waals surface area contributed by atoms with Crippen molar-refractivity contribution in [1.82, 2.24) is 0 Å². The number of ether oxygens (including phenoxy) is 1. The van der Waals surface area contributed by atoms with Crippen LogP contribution in [-0.4, -0.2) is 32.6 Å². The summed E-state index contributed by atoms with van der Waals surface area (Å²) in [6.07, 6.45) is -1.68. The molecule has 0 bridgehead atoms. The second-order valence-corrected chi connectivity index (χ2v) is 6.90. The van der Waals surface area contributed by atoms with Crippen LogP contribution in [0.2, 0.25) is 0 Å². The third-order valence-corrected chi connectivity index (χ3v) is 3.28. The zero-order valence-electron chi connectivity index (χ0n) is 11.8. The van der Waals surface area contributed by atoms with Gasteiger partial charge in [-0.3, -0.25) is 0 Å². The molecule has 120 valence electrons. The van der Waals surface area contributed by atoms with Crippen LogP contribution in [0.1, 0.15) is 40.5 Å². The van der Waals surface area contributed by atoms with Crippen LogP contribution in [0.3, 0.4) is 0 Å². The molecule has 0 saturated carbocycles. The lowest BCUT2D eigenvalue weighted by atomic mass is 9.89. The van der Waals surface area contributed by atoms with E-state index in [1.165, 1.54) is 6.92 Å². The van der Waals surface area contributed by atoms with Gasteiger partial charge in [-0.05, 0) is 25.2 Å². The summed E-state index contributed by atoms with van der Waals surface area (Å²) < 4.78 is 67.2. The SMILES string of the molecule is CCOC(=O)[C@@H](CCC(C)(C)C)OS(=O)(=O)C(F)(F)F. The third kappa shape index (κ3) is 6.56. The third-order valence-electron chi connectivity index (χ3n) is 2.23. The highest BCUT2D eigenvalue weighted by Gasteiger charge is 2.49. The van der Waals surface area contributed by atoms with Crippen molar-refractivity contribution in [3.63, 3.8) is 0 Å². The summed E-state index contributed by atoms with van der Waals surface area (Å²) in [7, 11) is -5.83. The van der Waals surface area contributed by atoms with Gasteiger partial charge in [-0.15, -0.1) is 0 Å². The van der Waals surface area contributed by atoms with Gasteiger partial charge in [-0.2, -0.15) is 21.6 Å². The van der Waals surface area contributed by atoms with E-state index in [4.69, 9.17) is 0 Å². The lowest BCUT2D eigenvalue weighted by Crippen LogP contribution is -2.35. The van der Waals surface area contributed by atoms with Crippen molar-refractivity contribution in [3.8, 4) is 0 Å². The van der Waals surface area contributed by atoms with E-state index in [1.807, 2.05) is 0 Å². The molecule has 20 heavy (non-hydrogen) atoms. The molecule has 1 atom stereocenters. The Kier molecular flexibility index (Phi) is 6.47. The Balaban J connectivity index is 5.01. The minimum Gasteiger partial charge on any atom is -0.464 e. The lowest BCUT2D eigenvalue weighted by Gasteiger charge is -2.22. The van der Waals surface area contributed by atoms with E-state index in [0.717, 1.165) is 0 Å². The van der Waals surface area contributed by atoms with Crippen molar-refractivity contribution in [2.75, 3.05) is 6.61 Å². The summed E-state index contributed by atoms with van der Waals surface area (Å²) >= 11 is 0. The second kappa shape index (κ2) is 6.75. The smallest absolute Gasteiger partial charge is 0.464 e. The van der Waals surface area contributed by atoms with E-state index in [1.54, 1.807) is 20.8 Å². The zero-order valence-corrected chi connectivity index (χ0v) is 12.6. The predicted octanol–water partition coefficient (Wildman–Crippen LogP) is 2.61. The van der Waals surface area contributed by atoms with E-state index in [9.17, 15) is 26.4 Å². The fraction of sp³-hybridized carbons (Fsp3) is 0.909. The van der Waals surface area contributed by atoms with Gasteiger partial charge in [0.2, 0.25) is 0 Å². The molecule has 0 N–H and O–H groups in total. The quantitative estimate of drug-likeness (QED) is 0.427. The van der Waals surface area contributed by atoms with Gasteiger partial charge >= 0.3 is 21.6 Å². The van der Waals surface area contributed by atoms with Crippen molar-refractivity contribution in [1.29, 1.82) is 0 Å². The van der Waals surface area contributed by atoms with Crippen LogP contribution in [0.5, 0.6) is 0 Å². The van der Waals surface area contributed by atoms with Crippen LogP contribution in [0.25, 0.3) is 0 Å². The first-order valence-electron chi connectivity index (χ1n) is 5.96. The van der Waals surface area contributed by atoms with Crippen LogP contribution in [0.15, 0.2) is 0 Å². The van der Waals surface area contributed by atoms with E-state index in [2.05, 4.69) is 8.92 Å². The van der Waals surface area contributed by atoms with Gasteiger partial charge in [-0.25, -0.2) is 8.98 Å².